The predicted molar refractivity (Wildman–Crippen MR) is 96.0 cm³/mol. The first-order chi connectivity index (χ1) is 11.8. The van der Waals surface area contributed by atoms with E-state index in [9.17, 15) is 4.79 Å². The Kier molecular flexibility index (Phi) is 6.13. The summed E-state index contributed by atoms with van der Waals surface area (Å²) >= 11 is 0. The second-order valence-corrected chi connectivity index (χ2v) is 7.04. The minimum Gasteiger partial charge on any atom is -0.494 e. The van der Waals surface area contributed by atoms with Crippen molar-refractivity contribution in [3.63, 3.8) is 0 Å². The van der Waals surface area contributed by atoms with Gasteiger partial charge in [-0.1, -0.05) is 12.1 Å². The zero-order valence-corrected chi connectivity index (χ0v) is 14.9. The molecule has 1 aromatic rings. The van der Waals surface area contributed by atoms with Crippen LogP contribution in [0.3, 0.4) is 0 Å². The molecular formula is C20H30N2O2. The van der Waals surface area contributed by atoms with Crippen LogP contribution in [0.1, 0.15) is 44.6 Å². The number of likely N-dealkylation sites (tertiary alicyclic amines) is 2. The fourth-order valence-electron chi connectivity index (χ4n) is 3.89. The topological polar surface area (TPSA) is 32.8 Å². The molecule has 2 saturated heterocycles. The first-order valence-corrected chi connectivity index (χ1v) is 9.49. The van der Waals surface area contributed by atoms with Gasteiger partial charge in [0.05, 0.1) is 12.5 Å². The van der Waals surface area contributed by atoms with Gasteiger partial charge in [-0.25, -0.2) is 0 Å². The van der Waals surface area contributed by atoms with Gasteiger partial charge < -0.3 is 9.64 Å². The molecule has 0 saturated carbocycles. The Bertz CT molecular complexity index is 523. The normalized spacial score (nSPS) is 22.4. The Morgan fingerprint density at radius 1 is 1.08 bits per heavy atom. The van der Waals surface area contributed by atoms with Gasteiger partial charge in [-0.3, -0.25) is 9.69 Å². The largest absolute Gasteiger partial charge is 0.494 e. The lowest BCUT2D eigenvalue weighted by Gasteiger charge is -2.36. The van der Waals surface area contributed by atoms with Crippen molar-refractivity contribution < 1.29 is 9.53 Å². The number of nitrogens with zero attached hydrogens (tertiary/aromatic N) is 2. The lowest BCUT2D eigenvalue weighted by molar-refractivity contribution is -0.138. The summed E-state index contributed by atoms with van der Waals surface area (Å²) in [7, 11) is 0. The lowest BCUT2D eigenvalue weighted by atomic mass is 9.95. The molecule has 0 bridgehead atoms. The number of hydrogen-bond acceptors (Lipinski definition) is 3. The molecule has 0 aromatic heterocycles. The van der Waals surface area contributed by atoms with E-state index < -0.39 is 0 Å². The maximum absolute atomic E-state index is 12.8. The van der Waals surface area contributed by atoms with Crippen molar-refractivity contribution in [1.29, 1.82) is 0 Å². The van der Waals surface area contributed by atoms with E-state index in [1.807, 2.05) is 19.1 Å². The van der Waals surface area contributed by atoms with Crippen molar-refractivity contribution in [2.24, 2.45) is 5.92 Å². The highest BCUT2D eigenvalue weighted by molar-refractivity contribution is 5.79. The number of carbonyl (C=O) groups is 1. The molecule has 132 valence electrons. The summed E-state index contributed by atoms with van der Waals surface area (Å²) in [6.45, 7) is 7.56. The van der Waals surface area contributed by atoms with Crippen molar-refractivity contribution in [1.82, 2.24) is 9.80 Å². The van der Waals surface area contributed by atoms with E-state index in [1.165, 1.54) is 24.8 Å². The number of benzene rings is 1. The number of carbonyl (C=O) groups excluding carboxylic acids is 1. The minimum atomic E-state index is 0.194. The highest BCUT2D eigenvalue weighted by Crippen LogP contribution is 2.23. The zero-order valence-electron chi connectivity index (χ0n) is 14.9. The number of rotatable bonds is 5. The second kappa shape index (κ2) is 8.52. The van der Waals surface area contributed by atoms with Gasteiger partial charge in [0, 0.05) is 26.2 Å². The molecule has 0 spiro atoms. The van der Waals surface area contributed by atoms with E-state index in [4.69, 9.17) is 4.74 Å². The van der Waals surface area contributed by atoms with Gasteiger partial charge in [0.1, 0.15) is 5.75 Å². The van der Waals surface area contributed by atoms with Crippen LogP contribution >= 0.6 is 0 Å². The first-order valence-electron chi connectivity index (χ1n) is 9.49. The Morgan fingerprint density at radius 2 is 1.83 bits per heavy atom. The molecule has 0 N–H and O–H groups in total. The van der Waals surface area contributed by atoms with Crippen molar-refractivity contribution in [3.05, 3.63) is 29.8 Å². The van der Waals surface area contributed by atoms with Gasteiger partial charge in [0.25, 0.3) is 0 Å². The van der Waals surface area contributed by atoms with E-state index in [0.29, 0.717) is 12.5 Å². The monoisotopic (exact) mass is 330 g/mol. The summed E-state index contributed by atoms with van der Waals surface area (Å²) in [4.78, 5) is 17.3. The number of hydrogen-bond donors (Lipinski definition) is 0. The highest BCUT2D eigenvalue weighted by Gasteiger charge is 2.29. The van der Waals surface area contributed by atoms with Crippen LogP contribution in [0.5, 0.6) is 5.75 Å². The molecule has 2 aliphatic heterocycles. The van der Waals surface area contributed by atoms with Gasteiger partial charge >= 0.3 is 0 Å². The molecule has 1 aromatic carbocycles. The van der Waals surface area contributed by atoms with Crippen LogP contribution in [-0.2, 0) is 11.3 Å². The molecule has 0 unspecified atom stereocenters. The SMILES string of the molecule is CCOc1ccc(CN2CCC[C@H](C(=O)N3CCCCC3)C2)cc1. The van der Waals surface area contributed by atoms with Crippen LogP contribution in [0.4, 0.5) is 0 Å². The average molecular weight is 330 g/mol. The summed E-state index contributed by atoms with van der Waals surface area (Å²) in [5, 5.41) is 0. The van der Waals surface area contributed by atoms with Crippen LogP contribution in [0.15, 0.2) is 24.3 Å². The molecule has 2 heterocycles. The molecule has 0 aliphatic carbocycles. The maximum Gasteiger partial charge on any atom is 0.226 e. The maximum atomic E-state index is 12.8. The summed E-state index contributed by atoms with van der Waals surface area (Å²) in [6.07, 6.45) is 5.80. The highest BCUT2D eigenvalue weighted by atomic mass is 16.5. The van der Waals surface area contributed by atoms with Crippen molar-refractivity contribution in [3.8, 4) is 5.75 Å². The average Bonchev–Trinajstić information content (AvgIpc) is 2.64. The van der Waals surface area contributed by atoms with Crippen molar-refractivity contribution >= 4 is 5.91 Å². The van der Waals surface area contributed by atoms with Gasteiger partial charge in [-0.15, -0.1) is 0 Å². The summed E-state index contributed by atoms with van der Waals surface area (Å²) < 4.78 is 5.50. The Labute approximate surface area is 145 Å². The van der Waals surface area contributed by atoms with Crippen molar-refractivity contribution in [2.75, 3.05) is 32.8 Å². The number of amides is 1. The van der Waals surface area contributed by atoms with E-state index in [1.54, 1.807) is 0 Å². The smallest absolute Gasteiger partial charge is 0.226 e. The summed E-state index contributed by atoms with van der Waals surface area (Å²) in [5.74, 6) is 1.52. The molecule has 24 heavy (non-hydrogen) atoms. The van der Waals surface area contributed by atoms with Gasteiger partial charge in [0.15, 0.2) is 0 Å². The third kappa shape index (κ3) is 4.50. The van der Waals surface area contributed by atoms with E-state index >= 15 is 0 Å². The minimum absolute atomic E-state index is 0.194. The van der Waals surface area contributed by atoms with Gasteiger partial charge in [-0.2, -0.15) is 0 Å². The summed E-state index contributed by atoms with van der Waals surface area (Å²) in [6, 6.07) is 8.36. The fraction of sp³-hybridized carbons (Fsp3) is 0.650. The third-order valence-electron chi connectivity index (χ3n) is 5.16. The second-order valence-electron chi connectivity index (χ2n) is 7.04. The van der Waals surface area contributed by atoms with Crippen LogP contribution in [0.25, 0.3) is 0 Å². The Balaban J connectivity index is 1.54. The van der Waals surface area contributed by atoms with E-state index in [2.05, 4.69) is 21.9 Å². The van der Waals surface area contributed by atoms with Crippen molar-refractivity contribution in [2.45, 2.75) is 45.6 Å². The van der Waals surface area contributed by atoms with Crippen LogP contribution in [0, 0.1) is 5.92 Å². The summed E-state index contributed by atoms with van der Waals surface area (Å²) in [5.41, 5.74) is 1.30. The Morgan fingerprint density at radius 3 is 2.54 bits per heavy atom. The van der Waals surface area contributed by atoms with E-state index in [0.717, 1.165) is 51.3 Å². The molecule has 2 aliphatic rings. The molecule has 3 rings (SSSR count). The molecule has 4 heteroatoms. The van der Waals surface area contributed by atoms with E-state index in [-0.39, 0.29) is 5.92 Å². The standard InChI is InChI=1S/C20H30N2O2/c1-2-24-19-10-8-17(9-11-19)15-21-12-6-7-18(16-21)20(23)22-13-4-3-5-14-22/h8-11,18H,2-7,12-16H2,1H3/t18-/m0/s1. The van der Waals surface area contributed by atoms with Crippen LogP contribution in [-0.4, -0.2) is 48.5 Å². The number of ether oxygens (including phenoxy) is 1. The fourth-order valence-corrected chi connectivity index (χ4v) is 3.89. The number of piperidine rings is 2. The lowest BCUT2D eigenvalue weighted by Crippen LogP contribution is -2.46. The molecule has 4 nitrogen and oxygen atoms in total. The first kappa shape index (κ1) is 17.3. The third-order valence-corrected chi connectivity index (χ3v) is 5.16. The molecule has 2 fully saturated rings. The molecule has 0 radical (unpaired) electrons. The Hall–Kier alpha value is -1.55. The molecule has 1 amide bonds. The quantitative estimate of drug-likeness (QED) is 0.830. The van der Waals surface area contributed by atoms with Gasteiger partial charge in [0.2, 0.25) is 5.91 Å². The van der Waals surface area contributed by atoms with Crippen LogP contribution in [0.2, 0.25) is 0 Å². The van der Waals surface area contributed by atoms with Gasteiger partial charge in [-0.05, 0) is 63.3 Å². The predicted octanol–water partition coefficient (Wildman–Crippen LogP) is 3.31. The zero-order chi connectivity index (χ0) is 16.8. The molecular weight excluding hydrogens is 300 g/mol. The molecule has 1 atom stereocenters. The van der Waals surface area contributed by atoms with Crippen LogP contribution < -0.4 is 4.74 Å².